The van der Waals surface area contributed by atoms with E-state index in [0.29, 0.717) is 17.3 Å². The van der Waals surface area contributed by atoms with Crippen molar-refractivity contribution in [3.05, 3.63) is 44.6 Å². The molecular formula is C19H22ClN3OS2. The number of aryl methyl sites for hydroxylation is 2. The summed E-state index contributed by atoms with van der Waals surface area (Å²) in [5.41, 5.74) is 3.38. The van der Waals surface area contributed by atoms with Crippen molar-refractivity contribution in [2.45, 2.75) is 20.3 Å². The zero-order chi connectivity index (χ0) is 18.8. The lowest BCUT2D eigenvalue weighted by Gasteiger charge is -2.21. The van der Waals surface area contributed by atoms with E-state index >= 15 is 0 Å². The molecule has 0 aliphatic carbocycles. The molecule has 0 radical (unpaired) electrons. The molecule has 1 aromatic carbocycles. The number of anilines is 1. The fourth-order valence-corrected chi connectivity index (χ4v) is 4.79. The van der Waals surface area contributed by atoms with Gasteiger partial charge in [0.05, 0.1) is 21.0 Å². The third-order valence-electron chi connectivity index (χ3n) is 4.33. The van der Waals surface area contributed by atoms with Crippen LogP contribution in [-0.2, 0) is 11.2 Å². The van der Waals surface area contributed by atoms with Crippen LogP contribution in [0.2, 0.25) is 4.34 Å². The van der Waals surface area contributed by atoms with Crippen molar-refractivity contribution in [2.75, 3.05) is 32.1 Å². The van der Waals surface area contributed by atoms with Gasteiger partial charge in [-0.3, -0.25) is 9.69 Å². The van der Waals surface area contributed by atoms with Gasteiger partial charge in [-0.05, 0) is 57.3 Å². The molecule has 7 heteroatoms. The monoisotopic (exact) mass is 407 g/mol. The highest BCUT2D eigenvalue weighted by atomic mass is 35.5. The van der Waals surface area contributed by atoms with Crippen LogP contribution in [0.25, 0.3) is 10.2 Å². The maximum absolute atomic E-state index is 13.0. The largest absolute Gasteiger partial charge is 0.308 e. The predicted molar refractivity (Wildman–Crippen MR) is 113 cm³/mol. The van der Waals surface area contributed by atoms with Gasteiger partial charge in [-0.2, -0.15) is 0 Å². The first-order valence-corrected chi connectivity index (χ1v) is 10.4. The van der Waals surface area contributed by atoms with Crippen molar-refractivity contribution >= 4 is 55.5 Å². The Hall–Kier alpha value is -1.47. The summed E-state index contributed by atoms with van der Waals surface area (Å²) in [4.78, 5) is 22.7. The van der Waals surface area contributed by atoms with Crippen molar-refractivity contribution in [1.82, 2.24) is 9.88 Å². The number of hydrogen-bond donors (Lipinski definition) is 0. The smallest absolute Gasteiger partial charge is 0.234 e. The maximum Gasteiger partial charge on any atom is 0.234 e. The molecule has 0 atom stereocenters. The molecular weight excluding hydrogens is 386 g/mol. The lowest BCUT2D eigenvalue weighted by Crippen LogP contribution is -2.37. The van der Waals surface area contributed by atoms with E-state index in [4.69, 9.17) is 16.6 Å². The van der Waals surface area contributed by atoms with E-state index in [1.165, 1.54) is 22.5 Å². The van der Waals surface area contributed by atoms with Crippen LogP contribution in [0.4, 0.5) is 5.13 Å². The van der Waals surface area contributed by atoms with Gasteiger partial charge in [0.1, 0.15) is 0 Å². The molecule has 0 fully saturated rings. The summed E-state index contributed by atoms with van der Waals surface area (Å²) in [6, 6.07) is 7.95. The Balaban J connectivity index is 1.92. The minimum Gasteiger partial charge on any atom is -0.308 e. The standard InChI is InChI=1S/C19H22ClN3OS2/c1-12-5-7-15-18(13(12)2)21-19(26-15)23(10-9-22(3)4)17(24)11-14-6-8-16(20)25-14/h5-8H,9-11H2,1-4H3. The number of nitrogens with zero attached hydrogens (tertiary/aromatic N) is 3. The third-order valence-corrected chi connectivity index (χ3v) is 6.61. The van der Waals surface area contributed by atoms with Gasteiger partial charge in [0, 0.05) is 18.0 Å². The number of amides is 1. The number of thiazole rings is 1. The second-order valence-electron chi connectivity index (χ2n) is 6.58. The van der Waals surface area contributed by atoms with Crippen LogP contribution >= 0.6 is 34.3 Å². The van der Waals surface area contributed by atoms with Crippen molar-refractivity contribution in [3.63, 3.8) is 0 Å². The van der Waals surface area contributed by atoms with Crippen molar-refractivity contribution in [3.8, 4) is 0 Å². The van der Waals surface area contributed by atoms with Crippen LogP contribution in [0.3, 0.4) is 0 Å². The molecule has 0 unspecified atom stereocenters. The molecule has 0 bridgehead atoms. The molecule has 4 nitrogen and oxygen atoms in total. The number of rotatable bonds is 6. The number of benzene rings is 1. The molecule has 3 rings (SSSR count). The number of carbonyl (C=O) groups is 1. The molecule has 0 saturated heterocycles. The van der Waals surface area contributed by atoms with Crippen molar-refractivity contribution < 1.29 is 4.79 Å². The molecule has 0 aliphatic rings. The molecule has 2 aromatic heterocycles. The molecule has 3 aromatic rings. The molecule has 0 aliphatic heterocycles. The summed E-state index contributed by atoms with van der Waals surface area (Å²) in [6.45, 7) is 5.57. The van der Waals surface area contributed by atoms with Crippen LogP contribution < -0.4 is 4.90 Å². The summed E-state index contributed by atoms with van der Waals surface area (Å²) in [5.74, 6) is 0.0544. The molecule has 138 valence electrons. The van der Waals surface area contributed by atoms with E-state index in [1.807, 2.05) is 31.1 Å². The number of thiophene rings is 1. The molecule has 26 heavy (non-hydrogen) atoms. The molecule has 0 N–H and O–H groups in total. The van der Waals surface area contributed by atoms with Gasteiger partial charge < -0.3 is 4.90 Å². The first-order valence-electron chi connectivity index (χ1n) is 8.41. The van der Waals surface area contributed by atoms with Gasteiger partial charge in [0.2, 0.25) is 5.91 Å². The first kappa shape index (κ1) is 19.3. The lowest BCUT2D eigenvalue weighted by molar-refractivity contribution is -0.118. The Bertz CT molecular complexity index is 932. The summed E-state index contributed by atoms with van der Waals surface area (Å²) < 4.78 is 1.82. The highest BCUT2D eigenvalue weighted by Crippen LogP contribution is 2.32. The number of aromatic nitrogens is 1. The average molecular weight is 408 g/mol. The van der Waals surface area contributed by atoms with Crippen LogP contribution in [-0.4, -0.2) is 43.0 Å². The second kappa shape index (κ2) is 8.05. The molecule has 0 spiro atoms. The normalized spacial score (nSPS) is 11.5. The van der Waals surface area contributed by atoms with Crippen LogP contribution in [0.15, 0.2) is 24.3 Å². The number of fused-ring (bicyclic) bond motifs is 1. The number of hydrogen-bond acceptors (Lipinski definition) is 5. The maximum atomic E-state index is 13.0. The number of halogens is 1. The van der Waals surface area contributed by atoms with E-state index in [0.717, 1.165) is 26.8 Å². The van der Waals surface area contributed by atoms with Gasteiger partial charge in [-0.15, -0.1) is 11.3 Å². The third kappa shape index (κ3) is 4.26. The SMILES string of the molecule is Cc1ccc2sc(N(CCN(C)C)C(=O)Cc3ccc(Cl)s3)nc2c1C. The zero-order valence-electron chi connectivity index (χ0n) is 15.4. The van der Waals surface area contributed by atoms with Crippen LogP contribution in [0.5, 0.6) is 0 Å². The van der Waals surface area contributed by atoms with Gasteiger partial charge in [-0.1, -0.05) is 29.0 Å². The van der Waals surface area contributed by atoms with Crippen molar-refractivity contribution in [1.29, 1.82) is 0 Å². The van der Waals surface area contributed by atoms with Gasteiger partial charge in [-0.25, -0.2) is 4.98 Å². The summed E-state index contributed by atoms with van der Waals surface area (Å²) in [5, 5.41) is 0.767. The Labute approximate surface area is 167 Å². The Morgan fingerprint density at radius 2 is 1.88 bits per heavy atom. The number of likely N-dealkylation sites (N-methyl/N-ethyl adjacent to an activating group) is 1. The van der Waals surface area contributed by atoms with E-state index < -0.39 is 0 Å². The summed E-state index contributed by atoms with van der Waals surface area (Å²) in [6.07, 6.45) is 0.346. The minimum atomic E-state index is 0.0544. The Kier molecular flexibility index (Phi) is 5.97. The fourth-order valence-electron chi connectivity index (χ4n) is 2.65. The van der Waals surface area contributed by atoms with E-state index in [9.17, 15) is 4.79 Å². The van der Waals surface area contributed by atoms with Gasteiger partial charge >= 0.3 is 0 Å². The lowest BCUT2D eigenvalue weighted by atomic mass is 10.1. The van der Waals surface area contributed by atoms with Gasteiger partial charge in [0.25, 0.3) is 0 Å². The highest BCUT2D eigenvalue weighted by molar-refractivity contribution is 7.22. The second-order valence-corrected chi connectivity index (χ2v) is 9.39. The van der Waals surface area contributed by atoms with Gasteiger partial charge in [0.15, 0.2) is 5.13 Å². The van der Waals surface area contributed by atoms with E-state index in [-0.39, 0.29) is 5.91 Å². The van der Waals surface area contributed by atoms with Crippen LogP contribution in [0.1, 0.15) is 16.0 Å². The molecule has 0 saturated carbocycles. The fraction of sp³-hybridized carbons (Fsp3) is 0.368. The molecule has 2 heterocycles. The predicted octanol–water partition coefficient (Wildman–Crippen LogP) is 4.77. The van der Waals surface area contributed by atoms with Crippen LogP contribution in [0, 0.1) is 13.8 Å². The average Bonchev–Trinajstić information content (AvgIpc) is 3.18. The van der Waals surface area contributed by atoms with E-state index in [2.05, 4.69) is 30.9 Å². The quantitative estimate of drug-likeness (QED) is 0.590. The Morgan fingerprint density at radius 3 is 2.54 bits per heavy atom. The van der Waals surface area contributed by atoms with E-state index in [1.54, 1.807) is 11.3 Å². The van der Waals surface area contributed by atoms with Crippen molar-refractivity contribution in [2.24, 2.45) is 0 Å². The molecule has 1 amide bonds. The zero-order valence-corrected chi connectivity index (χ0v) is 17.8. The summed E-state index contributed by atoms with van der Waals surface area (Å²) in [7, 11) is 4.01. The minimum absolute atomic E-state index is 0.0544. The highest BCUT2D eigenvalue weighted by Gasteiger charge is 2.21. The number of carbonyl (C=O) groups excluding carboxylic acids is 1. The first-order chi connectivity index (χ1) is 12.3. The Morgan fingerprint density at radius 1 is 1.12 bits per heavy atom. The topological polar surface area (TPSA) is 36.4 Å². The summed E-state index contributed by atoms with van der Waals surface area (Å²) >= 11 is 9.04.